The molecule has 1 aliphatic rings. The molecule has 1 saturated heterocycles. The predicted octanol–water partition coefficient (Wildman–Crippen LogP) is 2.92. The first kappa shape index (κ1) is 14.5. The van der Waals surface area contributed by atoms with Gasteiger partial charge in [0.1, 0.15) is 5.69 Å². The Kier molecular flexibility index (Phi) is 3.87. The predicted molar refractivity (Wildman–Crippen MR) is 92.2 cm³/mol. The molecular weight excluding hydrogens is 286 g/mol. The zero-order valence-corrected chi connectivity index (χ0v) is 13.6. The molecule has 2 aromatic heterocycles. The number of aryl methyl sites for hydroxylation is 1. The quantitative estimate of drug-likeness (QED) is 0.744. The molecule has 0 atom stereocenters. The highest BCUT2D eigenvalue weighted by atomic mass is 15.4. The van der Waals surface area contributed by atoms with Crippen LogP contribution in [0.15, 0.2) is 36.7 Å². The van der Waals surface area contributed by atoms with Gasteiger partial charge in [0.05, 0.1) is 12.7 Å². The molecule has 0 unspecified atom stereocenters. The highest BCUT2D eigenvalue weighted by Gasteiger charge is 2.11. The minimum atomic E-state index is 0.917. The molecule has 0 radical (unpaired) electrons. The summed E-state index contributed by atoms with van der Waals surface area (Å²) in [4.78, 5) is 2.53. The highest BCUT2D eigenvalue weighted by Crippen LogP contribution is 2.23. The zero-order chi connectivity index (χ0) is 15.6. The van der Waals surface area contributed by atoms with Gasteiger partial charge < -0.3 is 9.47 Å². The number of nitrogens with zero attached hydrogens (tertiary/aromatic N) is 5. The number of hydrogen-bond donors (Lipinski definition) is 0. The third-order valence-electron chi connectivity index (χ3n) is 4.81. The van der Waals surface area contributed by atoms with E-state index < -0.39 is 0 Å². The molecule has 120 valence electrons. The van der Waals surface area contributed by atoms with Gasteiger partial charge in [-0.3, -0.25) is 4.68 Å². The topological polar surface area (TPSA) is 38.9 Å². The molecule has 0 spiro atoms. The van der Waals surface area contributed by atoms with E-state index in [4.69, 9.17) is 0 Å². The Balaban J connectivity index is 1.47. The number of piperidine rings is 1. The van der Waals surface area contributed by atoms with E-state index in [1.54, 1.807) is 0 Å². The van der Waals surface area contributed by atoms with Crippen molar-refractivity contribution < 1.29 is 0 Å². The van der Waals surface area contributed by atoms with Crippen LogP contribution in [0.2, 0.25) is 0 Å². The fourth-order valence-electron chi connectivity index (χ4n) is 3.41. The fraction of sp³-hybridized carbons (Fsp3) is 0.444. The van der Waals surface area contributed by atoms with Crippen molar-refractivity contribution in [3.63, 3.8) is 0 Å². The summed E-state index contributed by atoms with van der Waals surface area (Å²) >= 11 is 0. The molecule has 1 fully saturated rings. The van der Waals surface area contributed by atoms with Crippen LogP contribution in [0.3, 0.4) is 0 Å². The summed E-state index contributed by atoms with van der Waals surface area (Å²) in [5, 5.41) is 9.89. The Bertz CT molecular complexity index is 795. The summed E-state index contributed by atoms with van der Waals surface area (Å²) in [5.74, 6) is 0. The van der Waals surface area contributed by atoms with Gasteiger partial charge in [-0.1, -0.05) is 17.7 Å². The van der Waals surface area contributed by atoms with Crippen LogP contribution >= 0.6 is 0 Å². The van der Waals surface area contributed by atoms with Gasteiger partial charge in [-0.2, -0.15) is 0 Å². The van der Waals surface area contributed by atoms with Crippen molar-refractivity contribution in [2.75, 3.05) is 19.6 Å². The molecular formula is C18H23N5. The second-order valence-corrected chi connectivity index (χ2v) is 6.47. The lowest BCUT2D eigenvalue weighted by Crippen LogP contribution is -2.32. The van der Waals surface area contributed by atoms with Crippen molar-refractivity contribution >= 4 is 10.9 Å². The normalized spacial score (nSPS) is 16.2. The summed E-state index contributed by atoms with van der Waals surface area (Å²) in [5.41, 5.74) is 3.33. The Morgan fingerprint density at radius 1 is 1.04 bits per heavy atom. The number of likely N-dealkylation sites (tertiary alicyclic amines) is 1. The first-order chi connectivity index (χ1) is 11.3. The van der Waals surface area contributed by atoms with Gasteiger partial charge in [0, 0.05) is 36.3 Å². The fourth-order valence-corrected chi connectivity index (χ4v) is 3.41. The number of hydrogen-bond acceptors (Lipinski definition) is 3. The summed E-state index contributed by atoms with van der Waals surface area (Å²) in [6.07, 6.45) is 8.20. The van der Waals surface area contributed by atoms with Gasteiger partial charge in [-0.25, -0.2) is 0 Å². The molecule has 0 N–H and O–H groups in total. The summed E-state index contributed by atoms with van der Waals surface area (Å²) in [6, 6.07) is 8.60. The van der Waals surface area contributed by atoms with Gasteiger partial charge in [-0.15, -0.1) is 5.10 Å². The molecule has 1 aromatic carbocycles. The Labute approximate surface area is 136 Å². The number of aromatic nitrogens is 4. The monoisotopic (exact) mass is 309 g/mol. The van der Waals surface area contributed by atoms with Gasteiger partial charge in [0.2, 0.25) is 0 Å². The standard InChI is InChI=1S/C18H23N5/c1-21-10-7-16-13-15(5-6-18(16)21)17-14-23(20-19-17)12-11-22-8-3-2-4-9-22/h5-7,10,13-14H,2-4,8-9,11-12H2,1H3. The van der Waals surface area contributed by atoms with Crippen molar-refractivity contribution in [3.8, 4) is 11.3 Å². The number of benzene rings is 1. The Morgan fingerprint density at radius 3 is 2.78 bits per heavy atom. The molecule has 23 heavy (non-hydrogen) atoms. The zero-order valence-electron chi connectivity index (χ0n) is 13.6. The maximum atomic E-state index is 4.35. The molecule has 5 heteroatoms. The van der Waals surface area contributed by atoms with Crippen LogP contribution in [0, 0.1) is 0 Å². The van der Waals surface area contributed by atoms with Gasteiger partial charge in [-0.05, 0) is 44.1 Å². The van der Waals surface area contributed by atoms with Gasteiger partial charge in [0.25, 0.3) is 0 Å². The first-order valence-electron chi connectivity index (χ1n) is 8.47. The van der Waals surface area contributed by atoms with Gasteiger partial charge in [0.15, 0.2) is 0 Å². The van der Waals surface area contributed by atoms with E-state index in [0.717, 1.165) is 24.3 Å². The highest BCUT2D eigenvalue weighted by molar-refractivity contribution is 5.84. The lowest BCUT2D eigenvalue weighted by Gasteiger charge is -2.25. The van der Waals surface area contributed by atoms with Crippen molar-refractivity contribution in [1.29, 1.82) is 0 Å². The van der Waals surface area contributed by atoms with Crippen LogP contribution in [0.4, 0.5) is 0 Å². The molecule has 3 heterocycles. The molecule has 0 aliphatic carbocycles. The van der Waals surface area contributed by atoms with E-state index in [9.17, 15) is 0 Å². The molecule has 3 aromatic rings. The van der Waals surface area contributed by atoms with Crippen LogP contribution in [0.1, 0.15) is 19.3 Å². The lowest BCUT2D eigenvalue weighted by molar-refractivity contribution is 0.217. The number of fused-ring (bicyclic) bond motifs is 1. The van der Waals surface area contributed by atoms with Gasteiger partial charge >= 0.3 is 0 Å². The van der Waals surface area contributed by atoms with Crippen LogP contribution in [0.25, 0.3) is 22.2 Å². The Hall–Kier alpha value is -2.14. The second-order valence-electron chi connectivity index (χ2n) is 6.47. The van der Waals surface area contributed by atoms with Crippen LogP contribution < -0.4 is 0 Å². The van der Waals surface area contributed by atoms with Crippen molar-refractivity contribution in [1.82, 2.24) is 24.5 Å². The van der Waals surface area contributed by atoms with Crippen molar-refractivity contribution in [3.05, 3.63) is 36.7 Å². The molecule has 0 bridgehead atoms. The maximum Gasteiger partial charge on any atom is 0.113 e. The average Bonchev–Trinajstić information content (AvgIpc) is 3.21. The summed E-state index contributed by atoms with van der Waals surface area (Å²) in [7, 11) is 2.07. The van der Waals surface area contributed by atoms with E-state index in [-0.39, 0.29) is 0 Å². The molecule has 0 amide bonds. The first-order valence-corrected chi connectivity index (χ1v) is 8.47. The van der Waals surface area contributed by atoms with Crippen LogP contribution in [0.5, 0.6) is 0 Å². The van der Waals surface area contributed by atoms with E-state index in [2.05, 4.69) is 63.5 Å². The third kappa shape index (κ3) is 3.01. The SMILES string of the molecule is Cn1ccc2cc(-c3cn(CCN4CCCCC4)nn3)ccc21. The maximum absolute atomic E-state index is 4.35. The minimum Gasteiger partial charge on any atom is -0.351 e. The molecule has 5 nitrogen and oxygen atoms in total. The van der Waals surface area contributed by atoms with E-state index in [1.807, 2.05) is 4.68 Å². The largest absolute Gasteiger partial charge is 0.351 e. The Morgan fingerprint density at radius 2 is 1.91 bits per heavy atom. The second kappa shape index (κ2) is 6.16. The molecule has 4 rings (SSSR count). The van der Waals surface area contributed by atoms with Crippen molar-refractivity contribution in [2.24, 2.45) is 7.05 Å². The van der Waals surface area contributed by atoms with E-state index in [1.165, 1.54) is 43.3 Å². The van der Waals surface area contributed by atoms with E-state index in [0.29, 0.717) is 0 Å². The summed E-state index contributed by atoms with van der Waals surface area (Å²) in [6.45, 7) is 4.44. The molecule has 0 saturated carbocycles. The molecule has 1 aliphatic heterocycles. The lowest BCUT2D eigenvalue weighted by atomic mass is 10.1. The smallest absolute Gasteiger partial charge is 0.113 e. The average molecular weight is 309 g/mol. The summed E-state index contributed by atoms with van der Waals surface area (Å²) < 4.78 is 4.10. The van der Waals surface area contributed by atoms with E-state index >= 15 is 0 Å². The minimum absolute atomic E-state index is 0.917. The van der Waals surface area contributed by atoms with Crippen molar-refractivity contribution in [2.45, 2.75) is 25.8 Å². The van der Waals surface area contributed by atoms with Crippen LogP contribution in [-0.4, -0.2) is 44.1 Å². The number of rotatable bonds is 4. The third-order valence-corrected chi connectivity index (χ3v) is 4.81. The van der Waals surface area contributed by atoms with Crippen LogP contribution in [-0.2, 0) is 13.6 Å².